The zero-order valence-corrected chi connectivity index (χ0v) is 17.3. The first kappa shape index (κ1) is 21.8. The molecule has 0 fully saturated rings. The first-order chi connectivity index (χ1) is 14.9. The molecule has 31 heavy (non-hydrogen) atoms. The lowest BCUT2D eigenvalue weighted by Gasteiger charge is -2.25. The quantitative estimate of drug-likeness (QED) is 0.528. The normalized spacial score (nSPS) is 10.5. The third-order valence-electron chi connectivity index (χ3n) is 5.14. The molecule has 0 heterocycles. The van der Waals surface area contributed by atoms with Gasteiger partial charge in [-0.1, -0.05) is 60.7 Å². The standard InChI is InChI=1S/C25H23NO5/c1-3-26(4-2)19-15-18(25(30)31)20(22(27)16-11-7-5-8-12-16)21(24(19)29)23(28)17-13-9-6-10-14-17/h5-15,29H,3-4H2,1-2H3,(H,30,31). The Morgan fingerprint density at radius 1 is 0.774 bits per heavy atom. The highest BCUT2D eigenvalue weighted by Gasteiger charge is 2.32. The number of phenols is 1. The number of ketones is 2. The average molecular weight is 417 g/mol. The Kier molecular flexibility index (Phi) is 6.50. The van der Waals surface area contributed by atoms with Crippen LogP contribution in [0.25, 0.3) is 0 Å². The lowest BCUT2D eigenvalue weighted by atomic mass is 9.88. The Labute approximate surface area is 180 Å². The van der Waals surface area contributed by atoms with Crippen LogP contribution in [0.4, 0.5) is 5.69 Å². The summed E-state index contributed by atoms with van der Waals surface area (Å²) in [7, 11) is 0. The highest BCUT2D eigenvalue weighted by atomic mass is 16.4. The summed E-state index contributed by atoms with van der Waals surface area (Å²) < 4.78 is 0. The van der Waals surface area contributed by atoms with E-state index in [1.165, 1.54) is 6.07 Å². The molecule has 6 heteroatoms. The number of carboxylic acid groups (broad SMARTS) is 1. The number of aromatic carboxylic acids is 1. The van der Waals surface area contributed by atoms with Gasteiger partial charge in [0.2, 0.25) is 0 Å². The number of rotatable bonds is 8. The van der Waals surface area contributed by atoms with E-state index >= 15 is 0 Å². The van der Waals surface area contributed by atoms with E-state index in [0.717, 1.165) is 0 Å². The lowest BCUT2D eigenvalue weighted by Crippen LogP contribution is -2.25. The second-order valence-corrected chi connectivity index (χ2v) is 6.91. The molecule has 0 saturated carbocycles. The number of nitrogens with zero attached hydrogens (tertiary/aromatic N) is 1. The highest BCUT2D eigenvalue weighted by Crippen LogP contribution is 2.38. The molecule has 3 aromatic carbocycles. The van der Waals surface area contributed by atoms with Crippen LogP contribution < -0.4 is 4.90 Å². The maximum atomic E-state index is 13.4. The van der Waals surface area contributed by atoms with E-state index < -0.39 is 23.3 Å². The van der Waals surface area contributed by atoms with Crippen LogP contribution in [-0.4, -0.2) is 40.8 Å². The van der Waals surface area contributed by atoms with Crippen molar-refractivity contribution in [3.05, 3.63) is 94.5 Å². The van der Waals surface area contributed by atoms with Gasteiger partial charge in [0, 0.05) is 24.2 Å². The smallest absolute Gasteiger partial charge is 0.336 e. The molecule has 0 saturated heterocycles. The summed E-state index contributed by atoms with van der Waals surface area (Å²) in [5.74, 6) is -3.01. The van der Waals surface area contributed by atoms with Crippen LogP contribution >= 0.6 is 0 Å². The third-order valence-corrected chi connectivity index (χ3v) is 5.14. The second kappa shape index (κ2) is 9.26. The number of phenolic OH excluding ortho intramolecular Hbond substituents is 1. The molecule has 0 aliphatic carbocycles. The molecular weight excluding hydrogens is 394 g/mol. The van der Waals surface area contributed by atoms with Crippen molar-refractivity contribution in [1.29, 1.82) is 0 Å². The predicted molar refractivity (Wildman–Crippen MR) is 118 cm³/mol. The van der Waals surface area contributed by atoms with E-state index in [4.69, 9.17) is 0 Å². The van der Waals surface area contributed by atoms with Crippen molar-refractivity contribution >= 4 is 23.2 Å². The van der Waals surface area contributed by atoms with Gasteiger partial charge in [0.1, 0.15) is 0 Å². The number of carbonyl (C=O) groups excluding carboxylic acids is 2. The Bertz CT molecular complexity index is 1120. The van der Waals surface area contributed by atoms with E-state index in [9.17, 15) is 24.6 Å². The van der Waals surface area contributed by atoms with Gasteiger partial charge in [0.25, 0.3) is 0 Å². The van der Waals surface area contributed by atoms with Crippen molar-refractivity contribution in [2.75, 3.05) is 18.0 Å². The fourth-order valence-electron chi connectivity index (χ4n) is 3.56. The fraction of sp³-hybridized carbons (Fsp3) is 0.160. The van der Waals surface area contributed by atoms with Gasteiger partial charge < -0.3 is 15.1 Å². The zero-order valence-electron chi connectivity index (χ0n) is 17.3. The predicted octanol–water partition coefficient (Wildman–Crippen LogP) is 4.40. The number of aromatic hydroxyl groups is 1. The van der Waals surface area contributed by atoms with Crippen LogP contribution in [0, 0.1) is 0 Å². The van der Waals surface area contributed by atoms with Crippen molar-refractivity contribution in [3.63, 3.8) is 0 Å². The molecule has 2 N–H and O–H groups in total. The number of hydrogen-bond donors (Lipinski definition) is 2. The minimum atomic E-state index is -1.35. The molecule has 3 rings (SSSR count). The van der Waals surface area contributed by atoms with Gasteiger partial charge in [-0.25, -0.2) is 4.79 Å². The van der Waals surface area contributed by atoms with Gasteiger partial charge in [-0.15, -0.1) is 0 Å². The maximum absolute atomic E-state index is 13.4. The SMILES string of the molecule is CCN(CC)c1cc(C(=O)O)c(C(=O)c2ccccc2)c(C(=O)c2ccccc2)c1O. The Hall–Kier alpha value is -3.93. The van der Waals surface area contributed by atoms with Crippen molar-refractivity contribution in [2.24, 2.45) is 0 Å². The first-order valence-corrected chi connectivity index (χ1v) is 9.98. The van der Waals surface area contributed by atoms with Gasteiger partial charge >= 0.3 is 5.97 Å². The average Bonchev–Trinajstić information content (AvgIpc) is 2.80. The molecule has 0 aromatic heterocycles. The van der Waals surface area contributed by atoms with Crippen LogP contribution in [0.2, 0.25) is 0 Å². The zero-order chi connectivity index (χ0) is 22.5. The van der Waals surface area contributed by atoms with Crippen molar-refractivity contribution in [3.8, 4) is 5.75 Å². The summed E-state index contributed by atoms with van der Waals surface area (Å²) >= 11 is 0. The highest BCUT2D eigenvalue weighted by molar-refractivity contribution is 6.24. The van der Waals surface area contributed by atoms with Gasteiger partial charge in [0.05, 0.1) is 22.4 Å². The molecule has 0 radical (unpaired) electrons. The molecule has 0 atom stereocenters. The Morgan fingerprint density at radius 3 is 1.65 bits per heavy atom. The molecule has 0 bridgehead atoms. The number of hydrogen-bond acceptors (Lipinski definition) is 5. The summed E-state index contributed by atoms with van der Waals surface area (Å²) in [6.07, 6.45) is 0. The molecule has 0 spiro atoms. The summed E-state index contributed by atoms with van der Waals surface area (Å²) in [5.41, 5.74) is -0.281. The van der Waals surface area contributed by atoms with Crippen molar-refractivity contribution in [1.82, 2.24) is 0 Å². The molecule has 158 valence electrons. The summed E-state index contributed by atoms with van der Waals surface area (Å²) in [6, 6.07) is 17.6. The van der Waals surface area contributed by atoms with Crippen molar-refractivity contribution in [2.45, 2.75) is 13.8 Å². The first-order valence-electron chi connectivity index (χ1n) is 9.98. The molecule has 0 aliphatic rings. The van der Waals surface area contributed by atoms with Gasteiger partial charge in [0.15, 0.2) is 17.3 Å². The fourth-order valence-corrected chi connectivity index (χ4v) is 3.56. The van der Waals surface area contributed by atoms with Crippen LogP contribution in [0.5, 0.6) is 5.75 Å². The molecule has 0 aliphatic heterocycles. The van der Waals surface area contributed by atoms with E-state index in [1.54, 1.807) is 65.6 Å². The molecule has 3 aromatic rings. The maximum Gasteiger partial charge on any atom is 0.336 e. The summed E-state index contributed by atoms with van der Waals surface area (Å²) in [5, 5.41) is 21.0. The number of carboxylic acids is 1. The van der Waals surface area contributed by atoms with E-state index in [-0.39, 0.29) is 33.5 Å². The topological polar surface area (TPSA) is 94.9 Å². The van der Waals surface area contributed by atoms with Gasteiger partial charge in [-0.05, 0) is 19.9 Å². The van der Waals surface area contributed by atoms with E-state index in [0.29, 0.717) is 13.1 Å². The minimum Gasteiger partial charge on any atom is -0.505 e. The van der Waals surface area contributed by atoms with Crippen LogP contribution in [-0.2, 0) is 0 Å². The van der Waals surface area contributed by atoms with Crippen molar-refractivity contribution < 1.29 is 24.6 Å². The number of anilines is 1. The Morgan fingerprint density at radius 2 is 1.23 bits per heavy atom. The van der Waals surface area contributed by atoms with Gasteiger partial charge in [-0.2, -0.15) is 0 Å². The van der Waals surface area contributed by atoms with E-state index in [2.05, 4.69) is 0 Å². The number of benzene rings is 3. The van der Waals surface area contributed by atoms with Crippen LogP contribution in [0.3, 0.4) is 0 Å². The third kappa shape index (κ3) is 4.19. The molecule has 0 amide bonds. The lowest BCUT2D eigenvalue weighted by molar-refractivity contribution is 0.0692. The van der Waals surface area contributed by atoms with Crippen LogP contribution in [0.1, 0.15) is 56.0 Å². The van der Waals surface area contributed by atoms with E-state index in [1.807, 2.05) is 13.8 Å². The summed E-state index contributed by atoms with van der Waals surface area (Å²) in [4.78, 5) is 40.7. The number of carbonyl (C=O) groups is 3. The molecule has 6 nitrogen and oxygen atoms in total. The Balaban J connectivity index is 2.39. The molecular formula is C25H23NO5. The monoisotopic (exact) mass is 417 g/mol. The van der Waals surface area contributed by atoms with Gasteiger partial charge in [-0.3, -0.25) is 9.59 Å². The van der Waals surface area contributed by atoms with Crippen LogP contribution in [0.15, 0.2) is 66.7 Å². The largest absolute Gasteiger partial charge is 0.505 e. The minimum absolute atomic E-state index is 0.200. The molecule has 0 unspecified atom stereocenters. The second-order valence-electron chi connectivity index (χ2n) is 6.91. The summed E-state index contributed by atoms with van der Waals surface area (Å²) in [6.45, 7) is 4.67.